The molecule has 8 nitrogen and oxygen atoms in total. The van der Waals surface area contributed by atoms with Gasteiger partial charge in [-0.3, -0.25) is 10.1 Å². The summed E-state index contributed by atoms with van der Waals surface area (Å²) < 4.78 is 10.4. The Balaban J connectivity index is 2.45. The molecule has 0 bridgehead atoms. The number of hydrogen-bond donors (Lipinski definition) is 0. The summed E-state index contributed by atoms with van der Waals surface area (Å²) in [6, 6.07) is 2.47. The monoisotopic (exact) mass is 211 g/mol. The Labute approximate surface area is 81.9 Å². The fourth-order valence-corrected chi connectivity index (χ4v) is 0.987. The topological polar surface area (TPSA) is 104 Å². The third-order valence-electron chi connectivity index (χ3n) is 1.67. The van der Waals surface area contributed by atoms with Crippen molar-refractivity contribution in [3.8, 4) is 11.7 Å². The van der Waals surface area contributed by atoms with Gasteiger partial charge in [-0.2, -0.15) is 4.68 Å². The minimum atomic E-state index is -0.690. The molecule has 78 valence electrons. The molecule has 0 atom stereocenters. The van der Waals surface area contributed by atoms with Crippen LogP contribution in [-0.4, -0.2) is 14.7 Å². The fourth-order valence-electron chi connectivity index (χ4n) is 0.987. The van der Waals surface area contributed by atoms with Crippen molar-refractivity contribution in [1.29, 1.82) is 0 Å². The number of nitrogens with zero attached hydrogens (tertiary/aromatic N) is 3. The van der Waals surface area contributed by atoms with Gasteiger partial charge < -0.3 is 8.83 Å². The highest BCUT2D eigenvalue weighted by Crippen LogP contribution is 2.23. The Hall–Kier alpha value is -2.38. The highest BCUT2D eigenvalue weighted by molar-refractivity contribution is 5.45. The van der Waals surface area contributed by atoms with Crippen LogP contribution in [0.1, 0.15) is 0 Å². The summed E-state index contributed by atoms with van der Waals surface area (Å²) in [6.45, 7) is 0. The number of nitro groups is 1. The van der Waals surface area contributed by atoms with Crippen molar-refractivity contribution in [1.82, 2.24) is 9.78 Å². The second-order valence-electron chi connectivity index (χ2n) is 2.69. The molecular weight excluding hydrogens is 206 g/mol. The van der Waals surface area contributed by atoms with E-state index in [0.29, 0.717) is 0 Å². The molecule has 0 spiro atoms. The van der Waals surface area contributed by atoms with Gasteiger partial charge in [0.1, 0.15) is 4.92 Å². The molecule has 0 aromatic carbocycles. The summed E-state index contributed by atoms with van der Waals surface area (Å²) >= 11 is 0. The molecule has 15 heavy (non-hydrogen) atoms. The number of aryl methyl sites for hydroxylation is 1. The van der Waals surface area contributed by atoms with Gasteiger partial charge in [0.15, 0.2) is 5.76 Å². The molecule has 0 fully saturated rings. The highest BCUT2D eigenvalue weighted by Gasteiger charge is 2.17. The Morgan fingerprint density at radius 2 is 2.20 bits per heavy atom. The minimum Gasteiger partial charge on any atom is -0.395 e. The van der Waals surface area contributed by atoms with Gasteiger partial charge in [0.2, 0.25) is 0 Å². The van der Waals surface area contributed by atoms with Crippen LogP contribution in [0.15, 0.2) is 25.8 Å². The Morgan fingerprint density at radius 3 is 2.67 bits per heavy atom. The summed E-state index contributed by atoms with van der Waals surface area (Å²) in [6.07, 6.45) is 0. The van der Waals surface area contributed by atoms with Gasteiger partial charge in [0.05, 0.1) is 6.07 Å². The zero-order chi connectivity index (χ0) is 11.0. The highest BCUT2D eigenvalue weighted by atomic mass is 16.6. The van der Waals surface area contributed by atoms with E-state index in [4.69, 9.17) is 4.42 Å². The van der Waals surface area contributed by atoms with Crippen LogP contribution in [0.5, 0.6) is 0 Å². The largest absolute Gasteiger partial charge is 0.437 e. The second-order valence-corrected chi connectivity index (χ2v) is 2.69. The van der Waals surface area contributed by atoms with E-state index in [1.54, 1.807) is 0 Å². The van der Waals surface area contributed by atoms with Gasteiger partial charge in [-0.1, -0.05) is 0 Å². The Morgan fingerprint density at radius 1 is 1.47 bits per heavy atom. The predicted octanol–water partition coefficient (Wildman–Crippen LogP) is 0.541. The molecule has 2 aromatic heterocycles. The Bertz CT molecular complexity index is 563. The normalized spacial score (nSPS) is 10.5. The molecule has 0 unspecified atom stereocenters. The summed E-state index contributed by atoms with van der Waals surface area (Å²) in [7, 11) is 1.40. The molecule has 0 saturated carbocycles. The minimum absolute atomic E-state index is 0.0411. The first-order valence-electron chi connectivity index (χ1n) is 3.86. The third kappa shape index (κ3) is 1.52. The van der Waals surface area contributed by atoms with Crippen LogP contribution < -0.4 is 5.76 Å². The second kappa shape index (κ2) is 3.08. The van der Waals surface area contributed by atoms with Crippen LogP contribution in [0.4, 0.5) is 5.88 Å². The van der Waals surface area contributed by atoms with E-state index in [9.17, 15) is 14.9 Å². The van der Waals surface area contributed by atoms with Crippen LogP contribution in [0, 0.1) is 10.1 Å². The lowest BCUT2D eigenvalue weighted by molar-refractivity contribution is -0.401. The van der Waals surface area contributed by atoms with Crippen LogP contribution in [0.3, 0.4) is 0 Å². The first-order chi connectivity index (χ1) is 7.08. The maximum atomic E-state index is 10.9. The van der Waals surface area contributed by atoms with E-state index in [2.05, 4.69) is 9.52 Å². The van der Waals surface area contributed by atoms with E-state index in [1.165, 1.54) is 13.1 Å². The first-order valence-corrected chi connectivity index (χ1v) is 3.86. The quantitative estimate of drug-likeness (QED) is 0.530. The fraction of sp³-hybridized carbons (Fsp3) is 0.143. The molecule has 2 heterocycles. The molecule has 8 heteroatoms. The first kappa shape index (κ1) is 9.19. The zero-order valence-electron chi connectivity index (χ0n) is 7.54. The SMILES string of the molecule is Cn1nc(-c2ccc([N+](=O)[O-])o2)oc1=O. The average Bonchev–Trinajstić information content (AvgIpc) is 2.74. The van der Waals surface area contributed by atoms with Gasteiger partial charge in [-0.25, -0.2) is 4.79 Å². The predicted molar refractivity (Wildman–Crippen MR) is 46.1 cm³/mol. The van der Waals surface area contributed by atoms with Crippen molar-refractivity contribution in [3.63, 3.8) is 0 Å². The maximum absolute atomic E-state index is 10.9. The maximum Gasteiger partial charge on any atom is 0.437 e. The zero-order valence-corrected chi connectivity index (χ0v) is 7.54. The molecule has 2 rings (SSSR count). The lowest BCUT2D eigenvalue weighted by atomic mass is 10.4. The molecule has 0 N–H and O–H groups in total. The summed E-state index contributed by atoms with van der Waals surface area (Å²) in [5.74, 6) is -1.14. The van der Waals surface area contributed by atoms with E-state index in [1.807, 2.05) is 0 Å². The van der Waals surface area contributed by atoms with Crippen molar-refractivity contribution in [2.24, 2.45) is 7.05 Å². The lowest BCUT2D eigenvalue weighted by Crippen LogP contribution is -2.09. The van der Waals surface area contributed by atoms with E-state index < -0.39 is 16.6 Å². The van der Waals surface area contributed by atoms with Gasteiger partial charge in [0, 0.05) is 7.05 Å². The smallest absolute Gasteiger partial charge is 0.395 e. The standard InChI is InChI=1S/C7H5N3O5/c1-9-7(11)15-6(8-9)4-2-3-5(14-4)10(12)13/h2-3H,1H3. The summed E-state index contributed by atoms with van der Waals surface area (Å²) in [5.41, 5.74) is 0. The number of rotatable bonds is 2. The van der Waals surface area contributed by atoms with E-state index in [-0.39, 0.29) is 11.7 Å². The molecular formula is C7H5N3O5. The number of hydrogen-bond acceptors (Lipinski definition) is 6. The van der Waals surface area contributed by atoms with Crippen LogP contribution in [-0.2, 0) is 7.05 Å². The third-order valence-corrected chi connectivity index (χ3v) is 1.67. The molecule has 0 aliphatic carbocycles. The number of aromatic nitrogens is 2. The van der Waals surface area contributed by atoms with Crippen LogP contribution >= 0.6 is 0 Å². The summed E-state index contributed by atoms with van der Waals surface area (Å²) in [5, 5.41) is 14.0. The van der Waals surface area contributed by atoms with Crippen LogP contribution in [0.25, 0.3) is 11.7 Å². The molecule has 0 aliphatic heterocycles. The van der Waals surface area contributed by atoms with E-state index in [0.717, 1.165) is 10.7 Å². The molecule has 2 aromatic rings. The average molecular weight is 211 g/mol. The van der Waals surface area contributed by atoms with E-state index >= 15 is 0 Å². The Kier molecular flexibility index (Phi) is 1.89. The molecule has 0 aliphatic rings. The van der Waals surface area contributed by atoms with Crippen molar-refractivity contribution < 1.29 is 13.8 Å². The van der Waals surface area contributed by atoms with Gasteiger partial charge in [-0.05, 0) is 6.07 Å². The van der Waals surface area contributed by atoms with Crippen LogP contribution in [0.2, 0.25) is 0 Å². The van der Waals surface area contributed by atoms with Crippen molar-refractivity contribution in [2.45, 2.75) is 0 Å². The van der Waals surface area contributed by atoms with Gasteiger partial charge >= 0.3 is 11.6 Å². The lowest BCUT2D eigenvalue weighted by Gasteiger charge is -1.84. The number of furan rings is 1. The van der Waals surface area contributed by atoms with Crippen molar-refractivity contribution in [3.05, 3.63) is 32.8 Å². The van der Waals surface area contributed by atoms with Gasteiger partial charge in [-0.15, -0.1) is 5.10 Å². The van der Waals surface area contributed by atoms with Crippen molar-refractivity contribution in [2.75, 3.05) is 0 Å². The molecule has 0 radical (unpaired) electrons. The van der Waals surface area contributed by atoms with Crippen molar-refractivity contribution >= 4 is 5.88 Å². The van der Waals surface area contributed by atoms with Gasteiger partial charge in [0.25, 0.3) is 5.89 Å². The molecule has 0 amide bonds. The molecule has 0 saturated heterocycles. The summed E-state index contributed by atoms with van der Waals surface area (Å²) in [4.78, 5) is 20.5.